The van der Waals surface area contributed by atoms with Gasteiger partial charge in [0.05, 0.1) is 24.5 Å². The molecule has 0 spiro atoms. The summed E-state index contributed by atoms with van der Waals surface area (Å²) >= 11 is 0. The lowest BCUT2D eigenvalue weighted by molar-refractivity contribution is -0.0431. The van der Waals surface area contributed by atoms with Crippen LogP contribution in [-0.2, 0) is 10.3 Å². The third-order valence-corrected chi connectivity index (χ3v) is 7.30. The highest BCUT2D eigenvalue weighted by Crippen LogP contribution is 2.43. The maximum Gasteiger partial charge on any atom is 0.253 e. The normalized spacial score (nSPS) is 23.2. The summed E-state index contributed by atoms with van der Waals surface area (Å²) in [7, 11) is 0. The largest absolute Gasteiger partial charge is 0.379 e. The van der Waals surface area contributed by atoms with E-state index in [-0.39, 0.29) is 17.5 Å². The number of hydrogen-bond donors (Lipinski definition) is 2. The van der Waals surface area contributed by atoms with E-state index in [0.717, 1.165) is 63.4 Å². The second kappa shape index (κ2) is 10.4. The zero-order valence-electron chi connectivity index (χ0n) is 19.6. The molecule has 1 aliphatic heterocycles. The van der Waals surface area contributed by atoms with Crippen LogP contribution in [0.3, 0.4) is 0 Å². The lowest BCUT2D eigenvalue weighted by Crippen LogP contribution is -2.54. The Labute approximate surface area is 202 Å². The van der Waals surface area contributed by atoms with E-state index in [0.29, 0.717) is 5.56 Å². The van der Waals surface area contributed by atoms with Gasteiger partial charge in [-0.25, -0.2) is 0 Å². The van der Waals surface area contributed by atoms with E-state index >= 15 is 0 Å². The predicted molar refractivity (Wildman–Crippen MR) is 136 cm³/mol. The van der Waals surface area contributed by atoms with Crippen LogP contribution in [0.1, 0.15) is 41.6 Å². The third kappa shape index (κ3) is 4.86. The second-order valence-electron chi connectivity index (χ2n) is 9.28. The van der Waals surface area contributed by atoms with Gasteiger partial charge in [-0.3, -0.25) is 9.69 Å². The highest BCUT2D eigenvalue weighted by atomic mass is 16.5. The molecule has 1 saturated heterocycles. The van der Waals surface area contributed by atoms with Crippen molar-refractivity contribution in [3.05, 3.63) is 96.1 Å². The Morgan fingerprint density at radius 1 is 0.824 bits per heavy atom. The van der Waals surface area contributed by atoms with Crippen LogP contribution in [-0.4, -0.2) is 43.2 Å². The molecule has 2 fully saturated rings. The molecule has 5 heteroatoms. The number of ether oxygens (including phenoxy) is 1. The molecule has 0 aromatic heterocycles. The number of benzene rings is 3. The monoisotopic (exact) mass is 455 g/mol. The summed E-state index contributed by atoms with van der Waals surface area (Å²) in [6, 6.07) is 28.8. The molecule has 1 aliphatic carbocycles. The van der Waals surface area contributed by atoms with Gasteiger partial charge < -0.3 is 15.4 Å². The van der Waals surface area contributed by atoms with Gasteiger partial charge in [-0.1, -0.05) is 60.7 Å². The molecule has 34 heavy (non-hydrogen) atoms. The fourth-order valence-electron chi connectivity index (χ4n) is 5.50. The number of para-hydroxylation sites is 2. The molecule has 1 amide bonds. The van der Waals surface area contributed by atoms with Crippen LogP contribution in [0, 0.1) is 0 Å². The van der Waals surface area contributed by atoms with Gasteiger partial charge in [0.25, 0.3) is 5.91 Å². The van der Waals surface area contributed by atoms with Gasteiger partial charge >= 0.3 is 0 Å². The molecule has 3 aromatic carbocycles. The summed E-state index contributed by atoms with van der Waals surface area (Å²) in [5.41, 5.74) is 3.89. The average molecular weight is 456 g/mol. The minimum absolute atomic E-state index is 0.0115. The Balaban J connectivity index is 1.28. The standard InChI is InChI=1S/C29H33N3O2/c33-28(26-13-7-8-14-27(26)30-24-11-5-2-6-12-24)31-25-15-17-29(18-16-25,23-9-3-1-4-10-23)32-19-21-34-22-20-32/h1-14,25,30H,15-22H2,(H,31,33). The van der Waals surface area contributed by atoms with Crippen molar-refractivity contribution < 1.29 is 9.53 Å². The van der Waals surface area contributed by atoms with Crippen molar-refractivity contribution in [2.24, 2.45) is 0 Å². The van der Waals surface area contributed by atoms with E-state index in [2.05, 4.69) is 45.9 Å². The molecule has 176 valence electrons. The minimum Gasteiger partial charge on any atom is -0.379 e. The Hall–Kier alpha value is -3.15. The van der Waals surface area contributed by atoms with Crippen LogP contribution in [0.4, 0.5) is 11.4 Å². The van der Waals surface area contributed by atoms with Gasteiger partial charge in [0, 0.05) is 30.4 Å². The van der Waals surface area contributed by atoms with Gasteiger partial charge in [0.1, 0.15) is 0 Å². The molecule has 2 aliphatic rings. The molecule has 5 rings (SSSR count). The van der Waals surface area contributed by atoms with Gasteiger partial charge in [-0.2, -0.15) is 0 Å². The molecular formula is C29H33N3O2. The number of anilines is 2. The minimum atomic E-state index is -0.0115. The topological polar surface area (TPSA) is 53.6 Å². The first-order valence-corrected chi connectivity index (χ1v) is 12.3. The van der Waals surface area contributed by atoms with Gasteiger partial charge in [0.15, 0.2) is 0 Å². The molecule has 3 aromatic rings. The van der Waals surface area contributed by atoms with E-state index in [1.54, 1.807) is 0 Å². The van der Waals surface area contributed by atoms with Crippen molar-refractivity contribution in [3.63, 3.8) is 0 Å². The molecular weight excluding hydrogens is 422 g/mol. The number of nitrogens with zero attached hydrogens (tertiary/aromatic N) is 1. The summed E-state index contributed by atoms with van der Waals surface area (Å²) < 4.78 is 5.64. The highest BCUT2D eigenvalue weighted by molar-refractivity contribution is 6.00. The van der Waals surface area contributed by atoms with Crippen molar-refractivity contribution in [1.29, 1.82) is 0 Å². The first-order valence-electron chi connectivity index (χ1n) is 12.3. The first kappa shape index (κ1) is 22.6. The van der Waals surface area contributed by atoms with Crippen LogP contribution in [0.2, 0.25) is 0 Å². The fourth-order valence-corrected chi connectivity index (χ4v) is 5.50. The summed E-state index contributed by atoms with van der Waals surface area (Å²) in [5, 5.41) is 6.72. The number of hydrogen-bond acceptors (Lipinski definition) is 4. The van der Waals surface area contributed by atoms with Crippen molar-refractivity contribution in [2.45, 2.75) is 37.3 Å². The quantitative estimate of drug-likeness (QED) is 0.528. The van der Waals surface area contributed by atoms with Gasteiger partial charge in [-0.15, -0.1) is 0 Å². The maximum atomic E-state index is 13.3. The van der Waals surface area contributed by atoms with Crippen LogP contribution in [0.25, 0.3) is 0 Å². The van der Waals surface area contributed by atoms with Crippen LogP contribution >= 0.6 is 0 Å². The molecule has 1 saturated carbocycles. The molecule has 0 unspecified atom stereocenters. The lowest BCUT2D eigenvalue weighted by Gasteiger charge is -2.50. The summed E-state index contributed by atoms with van der Waals surface area (Å²) in [6.45, 7) is 3.51. The van der Waals surface area contributed by atoms with E-state index in [4.69, 9.17) is 4.74 Å². The molecule has 1 heterocycles. The van der Waals surface area contributed by atoms with Crippen LogP contribution in [0.15, 0.2) is 84.9 Å². The Bertz CT molecular complexity index is 1070. The van der Waals surface area contributed by atoms with Crippen molar-refractivity contribution in [2.75, 3.05) is 31.6 Å². The lowest BCUT2D eigenvalue weighted by atomic mass is 9.73. The van der Waals surface area contributed by atoms with E-state index in [1.165, 1.54) is 5.56 Å². The number of morpholine rings is 1. The number of carbonyl (C=O) groups is 1. The first-order chi connectivity index (χ1) is 16.7. The van der Waals surface area contributed by atoms with E-state index in [9.17, 15) is 4.79 Å². The Morgan fingerprint density at radius 3 is 2.15 bits per heavy atom. The molecule has 0 bridgehead atoms. The smallest absolute Gasteiger partial charge is 0.253 e. The summed E-state index contributed by atoms with van der Waals surface area (Å²) in [6.07, 6.45) is 4.00. The van der Waals surface area contributed by atoms with Crippen molar-refractivity contribution in [3.8, 4) is 0 Å². The zero-order chi connectivity index (χ0) is 23.2. The number of amides is 1. The zero-order valence-corrected chi connectivity index (χ0v) is 19.6. The summed E-state index contributed by atoms with van der Waals surface area (Å²) in [5.74, 6) is -0.0115. The molecule has 5 nitrogen and oxygen atoms in total. The number of rotatable bonds is 6. The molecule has 2 N–H and O–H groups in total. The molecule has 0 atom stereocenters. The number of nitrogens with one attached hydrogen (secondary N) is 2. The molecule has 0 radical (unpaired) electrons. The summed E-state index contributed by atoms with van der Waals surface area (Å²) in [4.78, 5) is 15.9. The van der Waals surface area contributed by atoms with Gasteiger partial charge in [0.2, 0.25) is 0 Å². The van der Waals surface area contributed by atoms with Crippen molar-refractivity contribution >= 4 is 17.3 Å². The fraction of sp³-hybridized carbons (Fsp3) is 0.345. The predicted octanol–water partition coefficient (Wildman–Crippen LogP) is 5.33. The van der Waals surface area contributed by atoms with E-state index in [1.807, 2.05) is 54.6 Å². The Kier molecular flexibility index (Phi) is 6.93. The average Bonchev–Trinajstić information content (AvgIpc) is 2.91. The maximum absolute atomic E-state index is 13.3. The second-order valence-corrected chi connectivity index (χ2v) is 9.28. The van der Waals surface area contributed by atoms with Crippen molar-refractivity contribution in [1.82, 2.24) is 10.2 Å². The van der Waals surface area contributed by atoms with Crippen LogP contribution < -0.4 is 10.6 Å². The highest BCUT2D eigenvalue weighted by Gasteiger charge is 2.42. The van der Waals surface area contributed by atoms with Crippen LogP contribution in [0.5, 0.6) is 0 Å². The Morgan fingerprint density at radius 2 is 1.44 bits per heavy atom. The number of carbonyl (C=O) groups excluding carboxylic acids is 1. The van der Waals surface area contributed by atoms with Gasteiger partial charge in [-0.05, 0) is 55.5 Å². The van der Waals surface area contributed by atoms with E-state index < -0.39 is 0 Å². The SMILES string of the molecule is O=C(NC1CCC(c2ccccc2)(N2CCOCC2)CC1)c1ccccc1Nc1ccccc1. The third-order valence-electron chi connectivity index (χ3n) is 7.30.